The Kier molecular flexibility index (Phi) is 3.10. The van der Waals surface area contributed by atoms with Gasteiger partial charge in [0.05, 0.1) is 0 Å². The van der Waals surface area contributed by atoms with Crippen LogP contribution >= 0.6 is 0 Å². The second-order valence-electron chi connectivity index (χ2n) is 2.77. The summed E-state index contributed by atoms with van der Waals surface area (Å²) in [4.78, 5) is 15.8. The van der Waals surface area contributed by atoms with Crippen molar-refractivity contribution < 1.29 is 9.63 Å². The molecule has 0 amide bonds. The third-order valence-corrected chi connectivity index (χ3v) is 1.72. The molecule has 0 fully saturated rings. The molecule has 68 valence electrons. The maximum absolute atomic E-state index is 11.0. The second kappa shape index (κ2) is 4.11. The van der Waals surface area contributed by atoms with Gasteiger partial charge in [0.2, 0.25) is 0 Å². The molecule has 0 radical (unpaired) electrons. The van der Waals surface area contributed by atoms with Gasteiger partial charge in [0, 0.05) is 13.5 Å². The molecule has 0 aromatic carbocycles. The number of nitrogens with one attached hydrogen (secondary N) is 1. The van der Waals surface area contributed by atoms with Crippen molar-refractivity contribution in [2.45, 2.75) is 26.7 Å². The zero-order valence-corrected chi connectivity index (χ0v) is 7.46. The molecule has 0 atom stereocenters. The van der Waals surface area contributed by atoms with Gasteiger partial charge in [-0.3, -0.25) is 9.80 Å². The third kappa shape index (κ3) is 1.98. The number of rotatable bonds is 4. The molecule has 12 heavy (non-hydrogen) atoms. The standard InChI is InChI=1S/C8H14N2O2/c1-3-4-5-10-8(7(2)11)6-12-9-10/h6,9H,3-5H2,1-2H3. The first-order valence-electron chi connectivity index (χ1n) is 4.15. The van der Waals surface area contributed by atoms with Crippen LogP contribution in [-0.4, -0.2) is 17.3 Å². The minimum atomic E-state index is 0.0242. The molecule has 0 saturated heterocycles. The maximum Gasteiger partial charge on any atom is 0.180 e. The largest absolute Gasteiger partial charge is 0.394 e. The van der Waals surface area contributed by atoms with Crippen LogP contribution in [0, 0.1) is 0 Å². The Morgan fingerprint density at radius 2 is 2.50 bits per heavy atom. The minimum absolute atomic E-state index is 0.0242. The van der Waals surface area contributed by atoms with Crippen molar-refractivity contribution in [2.75, 3.05) is 6.54 Å². The molecule has 0 saturated carbocycles. The van der Waals surface area contributed by atoms with Crippen molar-refractivity contribution in [3.63, 3.8) is 0 Å². The molecular weight excluding hydrogens is 156 g/mol. The number of Topliss-reactive ketones (excluding diaryl/α,β-unsaturated/α-hetero) is 1. The number of unbranched alkanes of at least 4 members (excludes halogenated alkanes) is 1. The molecule has 0 aliphatic carbocycles. The van der Waals surface area contributed by atoms with Crippen molar-refractivity contribution in [3.8, 4) is 0 Å². The van der Waals surface area contributed by atoms with Gasteiger partial charge >= 0.3 is 0 Å². The fourth-order valence-electron chi connectivity index (χ4n) is 1.01. The highest BCUT2D eigenvalue weighted by Crippen LogP contribution is 2.09. The van der Waals surface area contributed by atoms with E-state index in [-0.39, 0.29) is 5.78 Å². The van der Waals surface area contributed by atoms with Crippen molar-refractivity contribution in [2.24, 2.45) is 0 Å². The lowest BCUT2D eigenvalue weighted by molar-refractivity contribution is -0.115. The molecule has 1 heterocycles. The first-order valence-corrected chi connectivity index (χ1v) is 4.15. The summed E-state index contributed by atoms with van der Waals surface area (Å²) in [5.74, 6) is 0.0242. The van der Waals surface area contributed by atoms with E-state index in [4.69, 9.17) is 4.84 Å². The third-order valence-electron chi connectivity index (χ3n) is 1.72. The lowest BCUT2D eigenvalue weighted by Crippen LogP contribution is -2.33. The predicted molar refractivity (Wildman–Crippen MR) is 44.6 cm³/mol. The molecular formula is C8H14N2O2. The minimum Gasteiger partial charge on any atom is -0.394 e. The topological polar surface area (TPSA) is 41.6 Å². The Labute approximate surface area is 72.1 Å². The second-order valence-corrected chi connectivity index (χ2v) is 2.77. The molecule has 0 aromatic heterocycles. The van der Waals surface area contributed by atoms with Crippen molar-refractivity contribution in [3.05, 3.63) is 12.0 Å². The summed E-state index contributed by atoms with van der Waals surface area (Å²) >= 11 is 0. The average Bonchev–Trinajstić information content (AvgIpc) is 2.48. The van der Waals surface area contributed by atoms with Gasteiger partial charge in [0.1, 0.15) is 12.0 Å². The van der Waals surface area contributed by atoms with Gasteiger partial charge in [-0.2, -0.15) is 0 Å². The van der Waals surface area contributed by atoms with Crippen LogP contribution in [0.3, 0.4) is 0 Å². The predicted octanol–water partition coefficient (Wildman–Crippen LogP) is 0.969. The Morgan fingerprint density at radius 3 is 3.08 bits per heavy atom. The Hall–Kier alpha value is -1.03. The van der Waals surface area contributed by atoms with Crippen LogP contribution in [-0.2, 0) is 9.63 Å². The van der Waals surface area contributed by atoms with Crippen LogP contribution in [0.4, 0.5) is 0 Å². The van der Waals surface area contributed by atoms with Crippen LogP contribution in [0.25, 0.3) is 0 Å². The van der Waals surface area contributed by atoms with E-state index in [1.165, 1.54) is 13.2 Å². The molecule has 0 unspecified atom stereocenters. The van der Waals surface area contributed by atoms with Gasteiger partial charge < -0.3 is 4.84 Å². The highest BCUT2D eigenvalue weighted by atomic mass is 16.7. The molecule has 1 N–H and O–H groups in total. The van der Waals surface area contributed by atoms with Gasteiger partial charge in [-0.1, -0.05) is 18.9 Å². The zero-order valence-electron chi connectivity index (χ0n) is 7.46. The molecule has 1 aliphatic heterocycles. The first kappa shape index (κ1) is 9.06. The summed E-state index contributed by atoms with van der Waals surface area (Å²) in [6.45, 7) is 4.44. The number of hydrogen-bond acceptors (Lipinski definition) is 4. The Balaban J connectivity index is 2.44. The normalized spacial score (nSPS) is 15.8. The van der Waals surface area contributed by atoms with Crippen molar-refractivity contribution in [1.82, 2.24) is 10.6 Å². The van der Waals surface area contributed by atoms with E-state index in [1.54, 1.807) is 5.01 Å². The Morgan fingerprint density at radius 1 is 1.75 bits per heavy atom. The van der Waals surface area contributed by atoms with Crippen LogP contribution in [0.5, 0.6) is 0 Å². The molecule has 1 rings (SSSR count). The van der Waals surface area contributed by atoms with Gasteiger partial charge in [0.15, 0.2) is 5.78 Å². The molecule has 0 spiro atoms. The Bertz CT molecular complexity index is 201. The van der Waals surface area contributed by atoms with Gasteiger partial charge in [0.25, 0.3) is 0 Å². The summed E-state index contributed by atoms with van der Waals surface area (Å²) < 4.78 is 0. The monoisotopic (exact) mass is 170 g/mol. The van der Waals surface area contributed by atoms with Crippen LogP contribution < -0.4 is 5.59 Å². The summed E-state index contributed by atoms with van der Waals surface area (Å²) in [6, 6.07) is 0. The number of carbonyl (C=O) groups excluding carboxylic acids is 1. The maximum atomic E-state index is 11.0. The first-order chi connectivity index (χ1) is 5.75. The number of allylic oxidation sites excluding steroid dienone is 1. The van der Waals surface area contributed by atoms with E-state index in [0.29, 0.717) is 5.70 Å². The molecule has 1 aliphatic rings. The smallest absolute Gasteiger partial charge is 0.180 e. The highest BCUT2D eigenvalue weighted by molar-refractivity contribution is 5.92. The van der Waals surface area contributed by atoms with Gasteiger partial charge in [-0.25, -0.2) is 0 Å². The number of carbonyl (C=O) groups is 1. The van der Waals surface area contributed by atoms with E-state index < -0.39 is 0 Å². The van der Waals surface area contributed by atoms with Gasteiger partial charge in [-0.05, 0) is 6.42 Å². The number of nitrogens with zero attached hydrogens (tertiary/aromatic N) is 1. The van der Waals surface area contributed by atoms with Gasteiger partial charge in [-0.15, -0.1) is 0 Å². The molecule has 0 aromatic rings. The number of hydrazine groups is 1. The molecule has 4 heteroatoms. The number of ketones is 1. The van der Waals surface area contributed by atoms with E-state index in [0.717, 1.165) is 19.4 Å². The number of hydrogen-bond donors (Lipinski definition) is 1. The summed E-state index contributed by atoms with van der Waals surface area (Å²) in [6.07, 6.45) is 3.59. The van der Waals surface area contributed by atoms with Crippen LogP contribution in [0.2, 0.25) is 0 Å². The van der Waals surface area contributed by atoms with E-state index in [2.05, 4.69) is 12.5 Å². The summed E-state index contributed by atoms with van der Waals surface area (Å²) in [5.41, 5.74) is 3.24. The van der Waals surface area contributed by atoms with Crippen LogP contribution in [0.15, 0.2) is 12.0 Å². The van der Waals surface area contributed by atoms with E-state index in [9.17, 15) is 4.79 Å². The van der Waals surface area contributed by atoms with E-state index >= 15 is 0 Å². The SMILES string of the molecule is CCCCN1NOC=C1C(C)=O. The lowest BCUT2D eigenvalue weighted by atomic mass is 10.3. The molecule has 4 nitrogen and oxygen atoms in total. The van der Waals surface area contributed by atoms with Crippen molar-refractivity contribution >= 4 is 5.78 Å². The van der Waals surface area contributed by atoms with Crippen LogP contribution in [0.1, 0.15) is 26.7 Å². The van der Waals surface area contributed by atoms with Crippen molar-refractivity contribution in [1.29, 1.82) is 0 Å². The highest BCUT2D eigenvalue weighted by Gasteiger charge is 2.18. The summed E-state index contributed by atoms with van der Waals surface area (Å²) in [5, 5.41) is 1.73. The molecule has 0 bridgehead atoms. The quantitative estimate of drug-likeness (QED) is 0.682. The zero-order chi connectivity index (χ0) is 8.97. The summed E-state index contributed by atoms with van der Waals surface area (Å²) in [7, 11) is 0. The fourth-order valence-corrected chi connectivity index (χ4v) is 1.01. The lowest BCUT2D eigenvalue weighted by Gasteiger charge is -2.16. The average molecular weight is 170 g/mol. The fraction of sp³-hybridized carbons (Fsp3) is 0.625. The van der Waals surface area contributed by atoms with E-state index in [1.807, 2.05) is 0 Å².